The molecule has 1 amide bonds. The van der Waals surface area contributed by atoms with Gasteiger partial charge in [0.15, 0.2) is 0 Å². The van der Waals surface area contributed by atoms with Gasteiger partial charge in [0.1, 0.15) is 0 Å². The summed E-state index contributed by atoms with van der Waals surface area (Å²) in [5.41, 5.74) is 7.56. The minimum Gasteiger partial charge on any atom is -0.349 e. The number of hydrogen-bond donors (Lipinski definition) is 2. The topological polar surface area (TPSA) is 55.1 Å². The zero-order valence-corrected chi connectivity index (χ0v) is 14.4. The summed E-state index contributed by atoms with van der Waals surface area (Å²) in [6, 6.07) is 17.6. The standard InChI is InChI=1S/C18H21ClN2O.ClH/c19-16-10-5-4-9-15(16)13-17(14-7-2-1-3-8-14)21-18(22)11-6-12-20;/h1-5,7-10,17H,6,11-13,20H2,(H,21,22);1H. The second-order valence-electron chi connectivity index (χ2n) is 5.22. The van der Waals surface area contributed by atoms with Crippen LogP contribution in [0.4, 0.5) is 0 Å². The average molecular weight is 353 g/mol. The number of carbonyl (C=O) groups excluding carboxylic acids is 1. The molecule has 0 aliphatic rings. The Hall–Kier alpha value is -1.55. The fourth-order valence-corrected chi connectivity index (χ4v) is 2.56. The molecule has 5 heteroatoms. The smallest absolute Gasteiger partial charge is 0.220 e. The van der Waals surface area contributed by atoms with Gasteiger partial charge in [-0.3, -0.25) is 4.79 Å². The van der Waals surface area contributed by atoms with Crippen molar-refractivity contribution < 1.29 is 4.79 Å². The van der Waals surface area contributed by atoms with Crippen LogP contribution in [-0.2, 0) is 11.2 Å². The van der Waals surface area contributed by atoms with Crippen molar-refractivity contribution in [2.24, 2.45) is 5.73 Å². The van der Waals surface area contributed by atoms with Gasteiger partial charge in [-0.05, 0) is 36.6 Å². The largest absolute Gasteiger partial charge is 0.349 e. The maximum atomic E-state index is 12.1. The molecule has 0 saturated heterocycles. The lowest BCUT2D eigenvalue weighted by Crippen LogP contribution is -2.30. The van der Waals surface area contributed by atoms with E-state index in [4.69, 9.17) is 17.3 Å². The quantitative estimate of drug-likeness (QED) is 0.793. The molecule has 1 atom stereocenters. The van der Waals surface area contributed by atoms with Crippen molar-refractivity contribution in [3.8, 4) is 0 Å². The van der Waals surface area contributed by atoms with Crippen molar-refractivity contribution in [3.63, 3.8) is 0 Å². The van der Waals surface area contributed by atoms with E-state index in [0.29, 0.717) is 25.8 Å². The molecule has 0 saturated carbocycles. The summed E-state index contributed by atoms with van der Waals surface area (Å²) >= 11 is 6.25. The highest BCUT2D eigenvalue weighted by Gasteiger charge is 2.16. The van der Waals surface area contributed by atoms with Crippen molar-refractivity contribution in [2.75, 3.05) is 6.54 Å². The first-order valence-electron chi connectivity index (χ1n) is 7.48. The molecule has 2 rings (SSSR count). The molecule has 0 aliphatic heterocycles. The summed E-state index contributed by atoms with van der Waals surface area (Å²) in [5.74, 6) is 0.0198. The molecule has 0 spiro atoms. The van der Waals surface area contributed by atoms with E-state index in [2.05, 4.69) is 5.32 Å². The van der Waals surface area contributed by atoms with E-state index in [1.807, 2.05) is 54.6 Å². The van der Waals surface area contributed by atoms with Gasteiger partial charge in [0.25, 0.3) is 0 Å². The first kappa shape index (κ1) is 19.5. The molecule has 3 nitrogen and oxygen atoms in total. The van der Waals surface area contributed by atoms with E-state index in [1.54, 1.807) is 0 Å². The average Bonchev–Trinajstić information content (AvgIpc) is 2.55. The zero-order chi connectivity index (χ0) is 15.8. The minimum atomic E-state index is -0.0913. The molecule has 124 valence electrons. The van der Waals surface area contributed by atoms with E-state index in [0.717, 1.165) is 16.1 Å². The van der Waals surface area contributed by atoms with Gasteiger partial charge in [0.05, 0.1) is 6.04 Å². The molecule has 0 aliphatic carbocycles. The lowest BCUT2D eigenvalue weighted by molar-refractivity contribution is -0.121. The SMILES string of the molecule is Cl.NCCCC(=O)NC(Cc1ccccc1Cl)c1ccccc1. The van der Waals surface area contributed by atoms with Gasteiger partial charge in [-0.2, -0.15) is 0 Å². The Balaban J connectivity index is 0.00000264. The van der Waals surface area contributed by atoms with Gasteiger partial charge in [0, 0.05) is 11.4 Å². The first-order chi connectivity index (χ1) is 10.7. The Morgan fingerprint density at radius 3 is 2.39 bits per heavy atom. The summed E-state index contributed by atoms with van der Waals surface area (Å²) < 4.78 is 0. The lowest BCUT2D eigenvalue weighted by Gasteiger charge is -2.20. The van der Waals surface area contributed by atoms with Crippen LogP contribution < -0.4 is 11.1 Å². The van der Waals surface area contributed by atoms with Crippen LogP contribution in [0, 0.1) is 0 Å². The van der Waals surface area contributed by atoms with Gasteiger partial charge in [0.2, 0.25) is 5.91 Å². The highest BCUT2D eigenvalue weighted by atomic mass is 35.5. The Labute approximate surface area is 148 Å². The number of benzene rings is 2. The van der Waals surface area contributed by atoms with Gasteiger partial charge in [-0.25, -0.2) is 0 Å². The molecular weight excluding hydrogens is 331 g/mol. The van der Waals surface area contributed by atoms with E-state index in [9.17, 15) is 4.79 Å². The Morgan fingerprint density at radius 2 is 1.74 bits per heavy atom. The molecule has 2 aromatic rings. The first-order valence-corrected chi connectivity index (χ1v) is 7.86. The van der Waals surface area contributed by atoms with Crippen molar-refractivity contribution >= 4 is 29.9 Å². The molecule has 0 radical (unpaired) electrons. The van der Waals surface area contributed by atoms with Crippen molar-refractivity contribution in [2.45, 2.75) is 25.3 Å². The zero-order valence-electron chi connectivity index (χ0n) is 12.9. The van der Waals surface area contributed by atoms with Crippen molar-refractivity contribution in [1.29, 1.82) is 0 Å². The van der Waals surface area contributed by atoms with E-state index >= 15 is 0 Å². The molecule has 0 bridgehead atoms. The highest BCUT2D eigenvalue weighted by molar-refractivity contribution is 6.31. The number of nitrogens with two attached hydrogens (primary N) is 1. The van der Waals surface area contributed by atoms with Crippen LogP contribution in [0.1, 0.15) is 30.0 Å². The second-order valence-corrected chi connectivity index (χ2v) is 5.63. The minimum absolute atomic E-state index is 0. The molecule has 23 heavy (non-hydrogen) atoms. The normalized spacial score (nSPS) is 11.4. The number of halogens is 2. The van der Waals surface area contributed by atoms with E-state index < -0.39 is 0 Å². The van der Waals surface area contributed by atoms with Crippen LogP contribution in [0.5, 0.6) is 0 Å². The van der Waals surface area contributed by atoms with Crippen molar-refractivity contribution in [1.82, 2.24) is 5.32 Å². The summed E-state index contributed by atoms with van der Waals surface area (Å²) in [5, 5.41) is 3.81. The number of nitrogens with one attached hydrogen (secondary N) is 1. The van der Waals surface area contributed by atoms with Gasteiger partial charge in [-0.15, -0.1) is 12.4 Å². The molecule has 2 aromatic carbocycles. The molecular formula is C18H22Cl2N2O. The third kappa shape index (κ3) is 6.22. The van der Waals surface area contributed by atoms with E-state index in [-0.39, 0.29) is 24.4 Å². The van der Waals surface area contributed by atoms with Gasteiger partial charge < -0.3 is 11.1 Å². The summed E-state index contributed by atoms with van der Waals surface area (Å²) in [7, 11) is 0. The molecule has 0 heterocycles. The van der Waals surface area contributed by atoms with Crippen LogP contribution in [0.3, 0.4) is 0 Å². The number of amides is 1. The van der Waals surface area contributed by atoms with Crippen LogP contribution in [0.15, 0.2) is 54.6 Å². The summed E-state index contributed by atoms with van der Waals surface area (Å²) in [6.45, 7) is 0.522. The Kier molecular flexibility index (Phi) is 8.70. The number of carbonyl (C=O) groups is 1. The third-order valence-corrected chi connectivity index (χ3v) is 3.90. The summed E-state index contributed by atoms with van der Waals surface area (Å²) in [6.07, 6.45) is 1.81. The fraction of sp³-hybridized carbons (Fsp3) is 0.278. The van der Waals surface area contributed by atoms with Crippen molar-refractivity contribution in [3.05, 3.63) is 70.7 Å². The summed E-state index contributed by atoms with van der Waals surface area (Å²) in [4.78, 5) is 12.1. The highest BCUT2D eigenvalue weighted by Crippen LogP contribution is 2.23. The van der Waals surface area contributed by atoms with Crippen LogP contribution >= 0.6 is 24.0 Å². The van der Waals surface area contributed by atoms with Crippen LogP contribution in [0.2, 0.25) is 5.02 Å². The predicted octanol–water partition coefficient (Wildman–Crippen LogP) is 3.90. The predicted molar refractivity (Wildman–Crippen MR) is 98.0 cm³/mol. The molecule has 0 fully saturated rings. The van der Waals surface area contributed by atoms with Crippen LogP contribution in [0.25, 0.3) is 0 Å². The Bertz CT molecular complexity index is 605. The maximum Gasteiger partial charge on any atom is 0.220 e. The molecule has 0 aromatic heterocycles. The fourth-order valence-electron chi connectivity index (χ4n) is 2.35. The maximum absolute atomic E-state index is 12.1. The molecule has 3 N–H and O–H groups in total. The lowest BCUT2D eigenvalue weighted by atomic mass is 9.98. The second kappa shape index (κ2) is 10.3. The van der Waals surface area contributed by atoms with Crippen LogP contribution in [-0.4, -0.2) is 12.5 Å². The van der Waals surface area contributed by atoms with Gasteiger partial charge >= 0.3 is 0 Å². The van der Waals surface area contributed by atoms with Gasteiger partial charge in [-0.1, -0.05) is 60.1 Å². The third-order valence-electron chi connectivity index (χ3n) is 3.53. The number of rotatable bonds is 7. The van der Waals surface area contributed by atoms with E-state index in [1.165, 1.54) is 0 Å². The molecule has 1 unspecified atom stereocenters. The Morgan fingerprint density at radius 1 is 1.09 bits per heavy atom. The number of hydrogen-bond acceptors (Lipinski definition) is 2. The monoisotopic (exact) mass is 352 g/mol.